The molecule has 0 aliphatic carbocycles. The van der Waals surface area contributed by atoms with Gasteiger partial charge in [0.1, 0.15) is 0 Å². The number of carbonyl (C=O) groups is 2. The first kappa shape index (κ1) is 19.8. The van der Waals surface area contributed by atoms with Crippen LogP contribution in [0.4, 0.5) is 11.4 Å². The number of benzene rings is 2. The second-order valence-corrected chi connectivity index (χ2v) is 6.58. The lowest BCUT2D eigenvalue weighted by molar-refractivity contribution is -0.114. The molecule has 0 radical (unpaired) electrons. The highest BCUT2D eigenvalue weighted by molar-refractivity contribution is 6.31. The number of hydrogen-bond donors (Lipinski definition) is 3. The Balaban J connectivity index is 1.88. The number of rotatable bonds is 7. The molecule has 0 aliphatic rings. The fraction of sp³-hybridized carbons (Fsp3) is 0.300. The molecule has 2 amide bonds. The number of amides is 2. The van der Waals surface area contributed by atoms with E-state index in [4.69, 9.17) is 11.6 Å². The van der Waals surface area contributed by atoms with Gasteiger partial charge in [0.25, 0.3) is 5.91 Å². The van der Waals surface area contributed by atoms with Crippen LogP contribution in [0.15, 0.2) is 42.5 Å². The van der Waals surface area contributed by atoms with Crippen LogP contribution in [-0.2, 0) is 4.79 Å². The zero-order valence-corrected chi connectivity index (χ0v) is 16.0. The molecule has 5 nitrogen and oxygen atoms in total. The highest BCUT2D eigenvalue weighted by Gasteiger charge is 2.09. The van der Waals surface area contributed by atoms with Gasteiger partial charge in [-0.2, -0.15) is 0 Å². The Bertz CT molecular complexity index is 775. The van der Waals surface area contributed by atoms with Crippen LogP contribution < -0.4 is 16.0 Å². The Kier molecular flexibility index (Phi) is 7.04. The Labute approximate surface area is 159 Å². The van der Waals surface area contributed by atoms with Gasteiger partial charge in [-0.15, -0.1) is 0 Å². The van der Waals surface area contributed by atoms with Gasteiger partial charge >= 0.3 is 0 Å². The SMILES string of the molecule is CCC(C)NC(=O)c1ccc(NCC(=O)Nc2cccc(Cl)c2C)cc1. The summed E-state index contributed by atoms with van der Waals surface area (Å²) >= 11 is 6.05. The van der Waals surface area contributed by atoms with Gasteiger partial charge in [-0.05, 0) is 62.2 Å². The van der Waals surface area contributed by atoms with Gasteiger partial charge in [0, 0.05) is 28.0 Å². The first-order chi connectivity index (χ1) is 12.4. The molecular formula is C20H24ClN3O2. The number of anilines is 2. The summed E-state index contributed by atoms with van der Waals surface area (Å²) in [6, 6.07) is 12.6. The second kappa shape index (κ2) is 9.25. The normalized spacial score (nSPS) is 11.5. The summed E-state index contributed by atoms with van der Waals surface area (Å²) in [5, 5.41) is 9.40. The largest absolute Gasteiger partial charge is 0.376 e. The van der Waals surface area contributed by atoms with E-state index in [9.17, 15) is 9.59 Å². The molecule has 6 heteroatoms. The topological polar surface area (TPSA) is 70.2 Å². The van der Waals surface area contributed by atoms with E-state index in [1.807, 2.05) is 26.8 Å². The summed E-state index contributed by atoms with van der Waals surface area (Å²) < 4.78 is 0. The van der Waals surface area contributed by atoms with E-state index in [1.165, 1.54) is 0 Å². The molecule has 0 spiro atoms. The summed E-state index contributed by atoms with van der Waals surface area (Å²) in [6.45, 7) is 5.96. The van der Waals surface area contributed by atoms with E-state index in [2.05, 4.69) is 16.0 Å². The van der Waals surface area contributed by atoms with E-state index >= 15 is 0 Å². The van der Waals surface area contributed by atoms with Crippen LogP contribution in [0, 0.1) is 6.92 Å². The van der Waals surface area contributed by atoms with Gasteiger partial charge in [-0.3, -0.25) is 9.59 Å². The smallest absolute Gasteiger partial charge is 0.251 e. The molecule has 0 heterocycles. The molecule has 3 N–H and O–H groups in total. The molecule has 2 aromatic carbocycles. The van der Waals surface area contributed by atoms with Crippen LogP contribution in [0.25, 0.3) is 0 Å². The molecular weight excluding hydrogens is 350 g/mol. The van der Waals surface area contributed by atoms with E-state index in [-0.39, 0.29) is 24.4 Å². The van der Waals surface area contributed by atoms with Crippen molar-refractivity contribution >= 4 is 34.8 Å². The molecule has 0 saturated carbocycles. The van der Waals surface area contributed by atoms with Gasteiger partial charge in [0.05, 0.1) is 6.54 Å². The highest BCUT2D eigenvalue weighted by Crippen LogP contribution is 2.22. The molecule has 1 atom stereocenters. The molecule has 0 fully saturated rings. The quantitative estimate of drug-likeness (QED) is 0.680. The van der Waals surface area contributed by atoms with Crippen LogP contribution in [0.2, 0.25) is 5.02 Å². The van der Waals surface area contributed by atoms with Crippen LogP contribution in [-0.4, -0.2) is 24.4 Å². The van der Waals surface area contributed by atoms with Crippen molar-refractivity contribution in [2.24, 2.45) is 0 Å². The van der Waals surface area contributed by atoms with Crippen LogP contribution in [0.3, 0.4) is 0 Å². The van der Waals surface area contributed by atoms with Crippen molar-refractivity contribution in [2.45, 2.75) is 33.2 Å². The van der Waals surface area contributed by atoms with Crippen molar-refractivity contribution in [3.05, 3.63) is 58.6 Å². The Morgan fingerprint density at radius 1 is 1.12 bits per heavy atom. The highest BCUT2D eigenvalue weighted by atomic mass is 35.5. The van der Waals surface area contributed by atoms with Crippen molar-refractivity contribution in [1.29, 1.82) is 0 Å². The summed E-state index contributed by atoms with van der Waals surface area (Å²) in [5.74, 6) is -0.269. The van der Waals surface area contributed by atoms with Gasteiger partial charge in [-0.1, -0.05) is 24.6 Å². The second-order valence-electron chi connectivity index (χ2n) is 6.17. The van der Waals surface area contributed by atoms with Crippen LogP contribution in [0.1, 0.15) is 36.2 Å². The molecule has 1 unspecified atom stereocenters. The molecule has 26 heavy (non-hydrogen) atoms. The molecule has 0 bridgehead atoms. The first-order valence-electron chi connectivity index (χ1n) is 8.60. The lowest BCUT2D eigenvalue weighted by Crippen LogP contribution is -2.31. The van der Waals surface area contributed by atoms with Crippen molar-refractivity contribution in [2.75, 3.05) is 17.2 Å². The molecule has 0 saturated heterocycles. The van der Waals surface area contributed by atoms with E-state index in [0.29, 0.717) is 16.3 Å². The van der Waals surface area contributed by atoms with Crippen molar-refractivity contribution < 1.29 is 9.59 Å². The molecule has 0 aliphatic heterocycles. The minimum absolute atomic E-state index is 0.0972. The van der Waals surface area contributed by atoms with E-state index in [0.717, 1.165) is 17.7 Å². The predicted octanol–water partition coefficient (Wildman–Crippen LogP) is 4.23. The zero-order valence-electron chi connectivity index (χ0n) is 15.2. The fourth-order valence-corrected chi connectivity index (χ4v) is 2.44. The molecule has 2 aromatic rings. The number of nitrogens with one attached hydrogen (secondary N) is 3. The molecule has 0 aromatic heterocycles. The van der Waals surface area contributed by atoms with Crippen molar-refractivity contribution in [3.63, 3.8) is 0 Å². The van der Waals surface area contributed by atoms with Crippen molar-refractivity contribution in [1.82, 2.24) is 5.32 Å². The maximum Gasteiger partial charge on any atom is 0.251 e. The van der Waals surface area contributed by atoms with E-state index in [1.54, 1.807) is 36.4 Å². The van der Waals surface area contributed by atoms with Gasteiger partial charge < -0.3 is 16.0 Å². The Morgan fingerprint density at radius 3 is 2.46 bits per heavy atom. The Morgan fingerprint density at radius 2 is 1.81 bits per heavy atom. The Hall–Kier alpha value is -2.53. The monoisotopic (exact) mass is 373 g/mol. The summed E-state index contributed by atoms with van der Waals surface area (Å²) in [5.41, 5.74) is 2.89. The minimum atomic E-state index is -0.172. The standard InChI is InChI=1S/C20H24ClN3O2/c1-4-13(2)23-20(26)15-8-10-16(11-9-15)22-12-19(25)24-18-7-5-6-17(21)14(18)3/h5-11,13,22H,4,12H2,1-3H3,(H,23,26)(H,24,25). The summed E-state index contributed by atoms with van der Waals surface area (Å²) in [7, 11) is 0. The maximum atomic E-state index is 12.1. The average Bonchev–Trinajstić information content (AvgIpc) is 2.64. The lowest BCUT2D eigenvalue weighted by atomic mass is 10.1. The van der Waals surface area contributed by atoms with Gasteiger partial charge in [0.15, 0.2) is 0 Å². The summed E-state index contributed by atoms with van der Waals surface area (Å²) in [4.78, 5) is 24.1. The van der Waals surface area contributed by atoms with Crippen LogP contribution >= 0.6 is 11.6 Å². The van der Waals surface area contributed by atoms with Crippen LogP contribution in [0.5, 0.6) is 0 Å². The third-order valence-corrected chi connectivity index (χ3v) is 4.54. The summed E-state index contributed by atoms with van der Waals surface area (Å²) in [6.07, 6.45) is 0.882. The lowest BCUT2D eigenvalue weighted by Gasteiger charge is -2.12. The van der Waals surface area contributed by atoms with Gasteiger partial charge in [-0.25, -0.2) is 0 Å². The number of carbonyl (C=O) groups excluding carboxylic acids is 2. The predicted molar refractivity (Wildman–Crippen MR) is 107 cm³/mol. The average molecular weight is 374 g/mol. The molecule has 2 rings (SSSR count). The number of halogens is 1. The van der Waals surface area contributed by atoms with Crippen molar-refractivity contribution in [3.8, 4) is 0 Å². The third kappa shape index (κ3) is 5.49. The fourth-order valence-electron chi connectivity index (χ4n) is 2.27. The third-order valence-electron chi connectivity index (χ3n) is 4.13. The minimum Gasteiger partial charge on any atom is -0.376 e. The zero-order chi connectivity index (χ0) is 19.1. The number of hydrogen-bond acceptors (Lipinski definition) is 3. The van der Waals surface area contributed by atoms with E-state index < -0.39 is 0 Å². The maximum absolute atomic E-state index is 12.1. The molecule has 138 valence electrons. The first-order valence-corrected chi connectivity index (χ1v) is 8.98. The van der Waals surface area contributed by atoms with Gasteiger partial charge in [0.2, 0.25) is 5.91 Å².